The van der Waals surface area contributed by atoms with Crippen LogP contribution in [0.25, 0.3) is 0 Å². The van der Waals surface area contributed by atoms with Crippen molar-refractivity contribution in [2.75, 3.05) is 0 Å². The fraction of sp³-hybridized carbons (Fsp3) is 1.00. The monoisotopic (exact) mass is 260 g/mol. The molecule has 5 atom stereocenters. The van der Waals surface area contributed by atoms with Gasteiger partial charge in [0.15, 0.2) is 0 Å². The van der Waals surface area contributed by atoms with Gasteiger partial charge in [-0.25, -0.2) is 0 Å². The second kappa shape index (κ2) is 6.05. The van der Waals surface area contributed by atoms with E-state index in [4.69, 9.17) is 11.2 Å². The first-order chi connectivity index (χ1) is 7.66. The molecule has 2 aliphatic rings. The lowest BCUT2D eigenvalue weighted by Crippen LogP contribution is -2.23. The highest BCUT2D eigenvalue weighted by atomic mass is 35.7. The first kappa shape index (κ1) is 13.2. The Morgan fingerprint density at radius 3 is 1.62 bits per heavy atom. The van der Waals surface area contributed by atoms with Gasteiger partial charge in [-0.05, 0) is 56.1 Å². The molecule has 2 saturated carbocycles. The summed E-state index contributed by atoms with van der Waals surface area (Å²) in [5, 5.41) is 0. The normalized spacial score (nSPS) is 42.9. The van der Waals surface area contributed by atoms with Gasteiger partial charge >= 0.3 is 0 Å². The molecule has 0 saturated heterocycles. The van der Waals surface area contributed by atoms with Crippen molar-refractivity contribution in [1.82, 2.24) is 0 Å². The van der Waals surface area contributed by atoms with Crippen LogP contribution in [0.4, 0.5) is 0 Å². The molecule has 2 aliphatic carbocycles. The van der Waals surface area contributed by atoms with Crippen LogP contribution >= 0.6 is 18.5 Å². The van der Waals surface area contributed by atoms with Crippen LogP contribution in [-0.2, 0) is 0 Å². The molecule has 16 heavy (non-hydrogen) atoms. The van der Waals surface area contributed by atoms with Crippen molar-refractivity contribution in [3.8, 4) is 0 Å². The second-order valence-electron chi connectivity index (χ2n) is 6.20. The lowest BCUT2D eigenvalue weighted by atomic mass is 9.90. The van der Waals surface area contributed by atoms with Crippen molar-refractivity contribution in [2.24, 2.45) is 11.8 Å². The molecule has 0 spiro atoms. The Labute approximate surface area is 107 Å². The van der Waals surface area contributed by atoms with Gasteiger partial charge < -0.3 is 0 Å². The van der Waals surface area contributed by atoms with Crippen molar-refractivity contribution in [2.45, 2.75) is 76.5 Å². The number of rotatable bonds is 2. The van der Waals surface area contributed by atoms with E-state index in [9.17, 15) is 0 Å². The van der Waals surface area contributed by atoms with Gasteiger partial charge in [0.25, 0.3) is 0 Å². The summed E-state index contributed by atoms with van der Waals surface area (Å²) in [5.41, 5.74) is 1.77. The fourth-order valence-electron chi connectivity index (χ4n) is 3.55. The molecule has 0 nitrogen and oxygen atoms in total. The molecule has 2 heteroatoms. The van der Waals surface area contributed by atoms with E-state index in [1.807, 2.05) is 0 Å². The van der Waals surface area contributed by atoms with E-state index in [2.05, 4.69) is 13.8 Å². The maximum absolute atomic E-state index is 6.83. The molecular formula is C14H26ClP. The number of hydrogen-bond donors (Lipinski definition) is 0. The van der Waals surface area contributed by atoms with Crippen molar-refractivity contribution in [3.63, 3.8) is 0 Å². The summed E-state index contributed by atoms with van der Waals surface area (Å²) in [5.74, 6) is 1.87. The summed E-state index contributed by atoms with van der Waals surface area (Å²) in [4.78, 5) is 0. The van der Waals surface area contributed by atoms with E-state index in [1.54, 1.807) is 0 Å². The third-order valence-corrected chi connectivity index (χ3v) is 8.50. The van der Waals surface area contributed by atoms with E-state index < -0.39 is 0 Å². The van der Waals surface area contributed by atoms with Crippen LogP contribution in [0.5, 0.6) is 0 Å². The summed E-state index contributed by atoms with van der Waals surface area (Å²) in [7, 11) is -0.198. The van der Waals surface area contributed by atoms with Crippen LogP contribution in [0.2, 0.25) is 0 Å². The topological polar surface area (TPSA) is 0 Å². The largest absolute Gasteiger partial charge is 0.0958 e. The highest BCUT2D eigenvalue weighted by Crippen LogP contribution is 2.60. The van der Waals surface area contributed by atoms with E-state index in [1.165, 1.54) is 51.4 Å². The molecule has 0 aromatic rings. The minimum atomic E-state index is -0.198. The fourth-order valence-corrected chi connectivity index (χ4v) is 7.19. The van der Waals surface area contributed by atoms with Crippen LogP contribution < -0.4 is 0 Å². The molecule has 0 aromatic heterocycles. The van der Waals surface area contributed by atoms with Crippen LogP contribution in [0.3, 0.4) is 0 Å². The van der Waals surface area contributed by atoms with Crippen molar-refractivity contribution >= 4 is 18.5 Å². The van der Waals surface area contributed by atoms with E-state index in [-0.39, 0.29) is 7.27 Å². The predicted octanol–water partition coefficient (Wildman–Crippen LogP) is 5.78. The summed E-state index contributed by atoms with van der Waals surface area (Å²) >= 11 is 6.83. The molecule has 0 aromatic carbocycles. The summed E-state index contributed by atoms with van der Waals surface area (Å²) in [6, 6.07) is 0. The zero-order chi connectivity index (χ0) is 11.5. The van der Waals surface area contributed by atoms with Gasteiger partial charge in [-0.15, -0.1) is 0 Å². The minimum Gasteiger partial charge on any atom is -0.0958 e. The minimum absolute atomic E-state index is 0.198. The lowest BCUT2D eigenvalue weighted by Gasteiger charge is -2.37. The van der Waals surface area contributed by atoms with Gasteiger partial charge in [-0.2, -0.15) is 0 Å². The molecular weight excluding hydrogens is 235 g/mol. The Hall–Kier alpha value is 0.720. The van der Waals surface area contributed by atoms with E-state index >= 15 is 0 Å². The average Bonchev–Trinajstić information content (AvgIpc) is 2.28. The Bertz CT molecular complexity index is 197. The summed E-state index contributed by atoms with van der Waals surface area (Å²) < 4.78 is 0. The maximum atomic E-state index is 6.83. The van der Waals surface area contributed by atoms with Gasteiger partial charge in [0.1, 0.15) is 0 Å². The third-order valence-electron chi connectivity index (χ3n) is 4.52. The SMILES string of the molecule is C[C@@H]1CCCC(P(Cl)C2CCC[C@H](C)C2)C1. The molecule has 0 amide bonds. The van der Waals surface area contributed by atoms with Crippen molar-refractivity contribution < 1.29 is 0 Å². The van der Waals surface area contributed by atoms with Crippen LogP contribution in [-0.4, -0.2) is 11.3 Å². The lowest BCUT2D eigenvalue weighted by molar-refractivity contribution is 0.374. The first-order valence-electron chi connectivity index (χ1n) is 7.11. The Morgan fingerprint density at radius 1 is 0.812 bits per heavy atom. The number of halogens is 1. The van der Waals surface area contributed by atoms with Crippen molar-refractivity contribution in [3.05, 3.63) is 0 Å². The highest BCUT2D eigenvalue weighted by molar-refractivity contribution is 7.85. The van der Waals surface area contributed by atoms with Crippen LogP contribution in [0.15, 0.2) is 0 Å². The average molecular weight is 261 g/mol. The molecule has 94 valence electrons. The standard InChI is InChI=1S/C14H26ClP/c1-11-5-3-7-13(9-11)16(15)14-8-4-6-12(2)10-14/h11-14H,3-10H2,1-2H3/t11-,12+,13?,14?,16?. The smallest absolute Gasteiger partial charge is 0.00337 e. The molecule has 3 unspecified atom stereocenters. The van der Waals surface area contributed by atoms with Gasteiger partial charge in [-0.1, -0.05) is 50.8 Å². The van der Waals surface area contributed by atoms with Gasteiger partial charge in [0.05, 0.1) is 0 Å². The zero-order valence-corrected chi connectivity index (χ0v) is 12.4. The van der Waals surface area contributed by atoms with E-state index in [0.29, 0.717) is 0 Å². The third kappa shape index (κ3) is 3.36. The zero-order valence-electron chi connectivity index (χ0n) is 10.8. The van der Waals surface area contributed by atoms with Gasteiger partial charge in [-0.3, -0.25) is 0 Å². The molecule has 2 fully saturated rings. The molecule has 2 rings (SSSR count). The Balaban J connectivity index is 1.87. The predicted molar refractivity (Wildman–Crippen MR) is 75.6 cm³/mol. The van der Waals surface area contributed by atoms with Crippen LogP contribution in [0, 0.1) is 11.8 Å². The molecule has 0 aliphatic heterocycles. The molecule has 0 heterocycles. The van der Waals surface area contributed by atoms with Gasteiger partial charge in [0.2, 0.25) is 0 Å². The van der Waals surface area contributed by atoms with Crippen LogP contribution in [0.1, 0.15) is 65.2 Å². The number of hydrogen-bond acceptors (Lipinski definition) is 0. The Morgan fingerprint density at radius 2 is 1.25 bits per heavy atom. The summed E-state index contributed by atoms with van der Waals surface area (Å²) in [6.45, 7) is 4.82. The van der Waals surface area contributed by atoms with E-state index in [0.717, 1.165) is 23.2 Å². The highest BCUT2D eigenvalue weighted by Gasteiger charge is 2.32. The molecule has 0 radical (unpaired) electrons. The summed E-state index contributed by atoms with van der Waals surface area (Å²) in [6.07, 6.45) is 11.4. The van der Waals surface area contributed by atoms with Crippen molar-refractivity contribution in [1.29, 1.82) is 0 Å². The second-order valence-corrected chi connectivity index (χ2v) is 9.52. The first-order valence-corrected chi connectivity index (χ1v) is 9.49. The maximum Gasteiger partial charge on any atom is -0.00337 e. The molecule has 0 bridgehead atoms. The molecule has 0 N–H and O–H groups in total. The Kier molecular flexibility index (Phi) is 4.98. The van der Waals surface area contributed by atoms with Gasteiger partial charge in [0, 0.05) is 0 Å². The quantitative estimate of drug-likeness (QED) is 0.552.